The first-order valence-corrected chi connectivity index (χ1v) is 6.02. The van der Waals surface area contributed by atoms with Crippen LogP contribution < -0.4 is 10.6 Å². The molecule has 2 heterocycles. The minimum absolute atomic E-state index is 0.0459. The molecule has 2 unspecified atom stereocenters. The van der Waals surface area contributed by atoms with E-state index in [0.717, 1.165) is 25.8 Å². The van der Waals surface area contributed by atoms with Gasteiger partial charge in [0.2, 0.25) is 11.8 Å². The quantitative estimate of drug-likeness (QED) is 0.631. The van der Waals surface area contributed by atoms with Crippen LogP contribution in [-0.4, -0.2) is 48.4 Å². The lowest BCUT2D eigenvalue weighted by Crippen LogP contribution is -2.60. The number of piperidine rings is 1. The van der Waals surface area contributed by atoms with Gasteiger partial charge in [-0.2, -0.15) is 0 Å². The van der Waals surface area contributed by atoms with Crippen LogP contribution in [0.3, 0.4) is 0 Å². The van der Waals surface area contributed by atoms with Gasteiger partial charge >= 0.3 is 0 Å². The van der Waals surface area contributed by atoms with Gasteiger partial charge in [0.25, 0.3) is 0 Å². The van der Waals surface area contributed by atoms with Gasteiger partial charge in [0.1, 0.15) is 6.04 Å². The third-order valence-electron chi connectivity index (χ3n) is 3.39. The summed E-state index contributed by atoms with van der Waals surface area (Å²) >= 11 is 0. The van der Waals surface area contributed by atoms with Crippen molar-refractivity contribution in [2.75, 3.05) is 19.6 Å². The molecule has 2 atom stereocenters. The second-order valence-electron chi connectivity index (χ2n) is 4.50. The van der Waals surface area contributed by atoms with Gasteiger partial charge in [-0.05, 0) is 26.3 Å². The second kappa shape index (κ2) is 4.82. The van der Waals surface area contributed by atoms with Crippen molar-refractivity contribution in [1.29, 1.82) is 0 Å². The molecule has 0 aromatic carbocycles. The average molecular weight is 225 g/mol. The van der Waals surface area contributed by atoms with Crippen molar-refractivity contribution in [3.05, 3.63) is 0 Å². The average Bonchev–Trinajstić information content (AvgIpc) is 2.33. The molecule has 2 aliphatic heterocycles. The third kappa shape index (κ3) is 2.19. The maximum absolute atomic E-state index is 12.2. The van der Waals surface area contributed by atoms with Crippen LogP contribution in [-0.2, 0) is 9.59 Å². The second-order valence-corrected chi connectivity index (χ2v) is 4.50. The largest absolute Gasteiger partial charge is 0.353 e. The van der Waals surface area contributed by atoms with E-state index in [4.69, 9.17) is 0 Å². The molecule has 2 fully saturated rings. The Bertz CT molecular complexity index is 287. The Kier molecular flexibility index (Phi) is 3.43. The molecular weight excluding hydrogens is 206 g/mol. The van der Waals surface area contributed by atoms with Gasteiger partial charge in [-0.25, -0.2) is 0 Å². The Balaban J connectivity index is 1.99. The normalized spacial score (nSPS) is 31.1. The molecule has 0 radical (unpaired) electrons. The summed E-state index contributed by atoms with van der Waals surface area (Å²) < 4.78 is 0. The van der Waals surface area contributed by atoms with E-state index in [1.54, 1.807) is 11.8 Å². The molecule has 2 amide bonds. The van der Waals surface area contributed by atoms with E-state index in [9.17, 15) is 9.59 Å². The van der Waals surface area contributed by atoms with Gasteiger partial charge in [0.15, 0.2) is 0 Å². The molecular formula is C11H19N3O2. The fourth-order valence-electron chi connectivity index (χ4n) is 2.35. The van der Waals surface area contributed by atoms with Gasteiger partial charge in [-0.15, -0.1) is 0 Å². The molecule has 2 saturated heterocycles. The van der Waals surface area contributed by atoms with Crippen LogP contribution >= 0.6 is 0 Å². The van der Waals surface area contributed by atoms with E-state index in [1.807, 2.05) is 0 Å². The minimum Gasteiger partial charge on any atom is -0.353 e. The summed E-state index contributed by atoms with van der Waals surface area (Å²) in [5.74, 6) is 0.0393. The SMILES string of the molecule is CC1C(=O)NCCN1C(=O)C1CCCCN1. The molecule has 5 heteroatoms. The van der Waals surface area contributed by atoms with Crippen molar-refractivity contribution in [2.24, 2.45) is 0 Å². The molecule has 2 aliphatic rings. The number of nitrogens with zero attached hydrogens (tertiary/aromatic N) is 1. The van der Waals surface area contributed by atoms with E-state index in [2.05, 4.69) is 10.6 Å². The highest BCUT2D eigenvalue weighted by Gasteiger charge is 2.33. The van der Waals surface area contributed by atoms with Gasteiger partial charge in [0.05, 0.1) is 6.04 Å². The smallest absolute Gasteiger partial charge is 0.242 e. The van der Waals surface area contributed by atoms with E-state index >= 15 is 0 Å². The van der Waals surface area contributed by atoms with Crippen LogP contribution in [0.1, 0.15) is 26.2 Å². The van der Waals surface area contributed by atoms with Crippen LogP contribution in [0.5, 0.6) is 0 Å². The first kappa shape index (κ1) is 11.4. The summed E-state index contributed by atoms with van der Waals surface area (Å²) in [5.41, 5.74) is 0. The molecule has 0 bridgehead atoms. The molecule has 0 aromatic rings. The molecule has 90 valence electrons. The highest BCUT2D eigenvalue weighted by atomic mass is 16.2. The molecule has 5 nitrogen and oxygen atoms in total. The number of hydrogen-bond acceptors (Lipinski definition) is 3. The Hall–Kier alpha value is -1.10. The number of nitrogens with one attached hydrogen (secondary N) is 2. The summed E-state index contributed by atoms with van der Waals surface area (Å²) in [6, 6.07) is -0.410. The lowest BCUT2D eigenvalue weighted by molar-refractivity contribution is -0.144. The van der Waals surface area contributed by atoms with E-state index in [1.165, 1.54) is 0 Å². The zero-order valence-electron chi connectivity index (χ0n) is 9.66. The number of piperazine rings is 1. The predicted octanol–water partition coefficient (Wildman–Crippen LogP) is -0.525. The summed E-state index contributed by atoms with van der Waals surface area (Å²) in [5, 5.41) is 5.99. The maximum Gasteiger partial charge on any atom is 0.242 e. The number of carbonyl (C=O) groups is 2. The van der Waals surface area contributed by atoms with Crippen molar-refractivity contribution < 1.29 is 9.59 Å². The standard InChI is InChI=1S/C11H19N3O2/c1-8-10(15)13-6-7-14(8)11(16)9-4-2-3-5-12-9/h8-9,12H,2-7H2,1H3,(H,13,15). The fourth-order valence-corrected chi connectivity index (χ4v) is 2.35. The third-order valence-corrected chi connectivity index (χ3v) is 3.39. The van der Waals surface area contributed by atoms with E-state index in [0.29, 0.717) is 13.1 Å². The first-order valence-electron chi connectivity index (χ1n) is 6.02. The van der Waals surface area contributed by atoms with Crippen molar-refractivity contribution >= 4 is 11.8 Å². The van der Waals surface area contributed by atoms with Gasteiger partial charge < -0.3 is 15.5 Å². The van der Waals surface area contributed by atoms with E-state index < -0.39 is 0 Å². The fraction of sp³-hybridized carbons (Fsp3) is 0.818. The zero-order valence-corrected chi connectivity index (χ0v) is 9.66. The topological polar surface area (TPSA) is 61.4 Å². The highest BCUT2D eigenvalue weighted by molar-refractivity contribution is 5.90. The molecule has 0 aliphatic carbocycles. The molecule has 0 saturated carbocycles. The lowest BCUT2D eigenvalue weighted by atomic mass is 10.0. The predicted molar refractivity (Wildman–Crippen MR) is 59.8 cm³/mol. The van der Waals surface area contributed by atoms with Gasteiger partial charge in [-0.3, -0.25) is 9.59 Å². The monoisotopic (exact) mass is 225 g/mol. The summed E-state index contributed by atoms with van der Waals surface area (Å²) in [7, 11) is 0. The summed E-state index contributed by atoms with van der Waals surface area (Å²) in [6.45, 7) is 3.89. The Morgan fingerprint density at radius 3 is 2.88 bits per heavy atom. The summed E-state index contributed by atoms with van der Waals surface area (Å²) in [6.07, 6.45) is 3.13. The highest BCUT2D eigenvalue weighted by Crippen LogP contribution is 2.13. The van der Waals surface area contributed by atoms with Crippen molar-refractivity contribution in [2.45, 2.75) is 38.3 Å². The Labute approximate surface area is 95.6 Å². The van der Waals surface area contributed by atoms with Crippen molar-refractivity contribution in [3.8, 4) is 0 Å². The Morgan fingerprint density at radius 1 is 1.38 bits per heavy atom. The zero-order chi connectivity index (χ0) is 11.5. The molecule has 0 aromatic heterocycles. The number of carbonyl (C=O) groups excluding carboxylic acids is 2. The summed E-state index contributed by atoms with van der Waals surface area (Å²) in [4.78, 5) is 25.4. The van der Waals surface area contributed by atoms with Crippen LogP contribution in [0.4, 0.5) is 0 Å². The number of amides is 2. The molecule has 0 spiro atoms. The van der Waals surface area contributed by atoms with Crippen LogP contribution in [0, 0.1) is 0 Å². The van der Waals surface area contributed by atoms with Crippen molar-refractivity contribution in [3.63, 3.8) is 0 Å². The van der Waals surface area contributed by atoms with Crippen molar-refractivity contribution in [1.82, 2.24) is 15.5 Å². The Morgan fingerprint density at radius 2 is 2.19 bits per heavy atom. The molecule has 2 N–H and O–H groups in total. The van der Waals surface area contributed by atoms with Gasteiger partial charge in [-0.1, -0.05) is 6.42 Å². The molecule has 16 heavy (non-hydrogen) atoms. The first-order chi connectivity index (χ1) is 7.70. The maximum atomic E-state index is 12.2. The number of hydrogen-bond donors (Lipinski definition) is 2. The van der Waals surface area contributed by atoms with Crippen LogP contribution in [0.25, 0.3) is 0 Å². The van der Waals surface area contributed by atoms with Crippen LogP contribution in [0.15, 0.2) is 0 Å². The minimum atomic E-state index is -0.329. The van der Waals surface area contributed by atoms with Gasteiger partial charge in [0, 0.05) is 13.1 Å². The lowest BCUT2D eigenvalue weighted by Gasteiger charge is -2.36. The number of rotatable bonds is 1. The van der Waals surface area contributed by atoms with E-state index in [-0.39, 0.29) is 23.9 Å². The molecule has 2 rings (SSSR count). The van der Waals surface area contributed by atoms with Crippen LogP contribution in [0.2, 0.25) is 0 Å².